The maximum absolute atomic E-state index is 9.54. The predicted molar refractivity (Wildman–Crippen MR) is 55.7 cm³/mol. The van der Waals surface area contributed by atoms with Gasteiger partial charge in [-0.1, -0.05) is 26.7 Å². The van der Waals surface area contributed by atoms with E-state index in [1.165, 1.54) is 25.7 Å². The summed E-state index contributed by atoms with van der Waals surface area (Å²) < 4.78 is 0. The lowest BCUT2D eigenvalue weighted by atomic mass is 10.1. The van der Waals surface area contributed by atoms with Crippen molar-refractivity contribution in [2.75, 3.05) is 13.1 Å². The Morgan fingerprint density at radius 3 is 2.46 bits per heavy atom. The Morgan fingerprint density at radius 1 is 1.31 bits per heavy atom. The fourth-order valence-electron chi connectivity index (χ4n) is 1.89. The second-order valence-corrected chi connectivity index (χ2v) is 4.62. The van der Waals surface area contributed by atoms with E-state index in [4.69, 9.17) is 0 Å². The molecule has 2 heteroatoms. The number of aliphatic hydroxyl groups is 1. The molecule has 13 heavy (non-hydrogen) atoms. The molecule has 1 rings (SSSR count). The summed E-state index contributed by atoms with van der Waals surface area (Å²) in [7, 11) is 0. The van der Waals surface area contributed by atoms with Gasteiger partial charge in [0.05, 0.1) is 6.10 Å². The molecule has 0 aromatic carbocycles. The molecule has 1 aliphatic rings. The Bertz CT molecular complexity index is 128. The molecule has 1 atom stereocenters. The van der Waals surface area contributed by atoms with Crippen molar-refractivity contribution >= 4 is 0 Å². The average Bonchev–Trinajstić information content (AvgIpc) is 2.56. The molecule has 1 unspecified atom stereocenters. The van der Waals surface area contributed by atoms with Crippen molar-refractivity contribution in [2.45, 2.75) is 45.6 Å². The van der Waals surface area contributed by atoms with E-state index in [9.17, 15) is 5.11 Å². The Kier molecular flexibility index (Phi) is 4.74. The summed E-state index contributed by atoms with van der Waals surface area (Å²) >= 11 is 0. The molecule has 0 heterocycles. The summed E-state index contributed by atoms with van der Waals surface area (Å²) in [6.45, 7) is 5.97. The lowest BCUT2D eigenvalue weighted by Gasteiger charge is -2.16. The maximum Gasteiger partial charge on any atom is 0.0687 e. The van der Waals surface area contributed by atoms with Gasteiger partial charge < -0.3 is 10.4 Å². The van der Waals surface area contributed by atoms with Crippen LogP contribution in [0.1, 0.15) is 39.5 Å². The lowest BCUT2D eigenvalue weighted by molar-refractivity contribution is 0.122. The van der Waals surface area contributed by atoms with Crippen molar-refractivity contribution in [1.29, 1.82) is 0 Å². The van der Waals surface area contributed by atoms with Gasteiger partial charge in [-0.25, -0.2) is 0 Å². The summed E-state index contributed by atoms with van der Waals surface area (Å²) in [4.78, 5) is 0. The third-order valence-electron chi connectivity index (χ3n) is 3.03. The van der Waals surface area contributed by atoms with Gasteiger partial charge in [0.1, 0.15) is 0 Å². The fourth-order valence-corrected chi connectivity index (χ4v) is 1.89. The van der Waals surface area contributed by atoms with E-state index in [-0.39, 0.29) is 6.10 Å². The van der Waals surface area contributed by atoms with Crippen LogP contribution in [0.5, 0.6) is 0 Å². The monoisotopic (exact) mass is 185 g/mol. The minimum atomic E-state index is -0.179. The molecule has 1 aliphatic carbocycles. The number of hydrogen-bond donors (Lipinski definition) is 2. The van der Waals surface area contributed by atoms with Crippen LogP contribution in [0.25, 0.3) is 0 Å². The molecular weight excluding hydrogens is 162 g/mol. The minimum Gasteiger partial charge on any atom is -0.392 e. The van der Waals surface area contributed by atoms with Gasteiger partial charge in [0.2, 0.25) is 0 Å². The summed E-state index contributed by atoms with van der Waals surface area (Å²) in [6.07, 6.45) is 5.38. The van der Waals surface area contributed by atoms with Gasteiger partial charge in [0.25, 0.3) is 0 Å². The van der Waals surface area contributed by atoms with Gasteiger partial charge in [-0.05, 0) is 31.2 Å². The van der Waals surface area contributed by atoms with Crippen LogP contribution in [0.3, 0.4) is 0 Å². The molecule has 0 aromatic rings. The largest absolute Gasteiger partial charge is 0.392 e. The summed E-state index contributed by atoms with van der Waals surface area (Å²) in [5, 5.41) is 12.9. The van der Waals surface area contributed by atoms with Crippen LogP contribution >= 0.6 is 0 Å². The van der Waals surface area contributed by atoms with E-state index >= 15 is 0 Å². The standard InChI is InChI=1S/C11H23NO/c1-9(2)11(13)8-12-7-10-5-3-4-6-10/h9-13H,3-8H2,1-2H3. The molecule has 0 amide bonds. The first-order valence-corrected chi connectivity index (χ1v) is 5.59. The van der Waals surface area contributed by atoms with Crippen LogP contribution < -0.4 is 5.32 Å². The van der Waals surface area contributed by atoms with Crippen LogP contribution in [0.4, 0.5) is 0 Å². The third-order valence-corrected chi connectivity index (χ3v) is 3.03. The first-order chi connectivity index (χ1) is 6.20. The predicted octanol–water partition coefficient (Wildman–Crippen LogP) is 1.78. The van der Waals surface area contributed by atoms with Crippen molar-refractivity contribution in [3.63, 3.8) is 0 Å². The molecule has 2 N–H and O–H groups in total. The highest BCUT2D eigenvalue weighted by atomic mass is 16.3. The van der Waals surface area contributed by atoms with Crippen LogP contribution in [0.15, 0.2) is 0 Å². The average molecular weight is 185 g/mol. The maximum atomic E-state index is 9.54. The van der Waals surface area contributed by atoms with Gasteiger partial charge in [-0.2, -0.15) is 0 Å². The lowest BCUT2D eigenvalue weighted by Crippen LogP contribution is -2.33. The van der Waals surface area contributed by atoms with E-state index < -0.39 is 0 Å². The van der Waals surface area contributed by atoms with Gasteiger partial charge in [0, 0.05) is 6.54 Å². The van der Waals surface area contributed by atoms with Crippen LogP contribution in [-0.2, 0) is 0 Å². The third kappa shape index (κ3) is 4.10. The number of nitrogens with one attached hydrogen (secondary N) is 1. The van der Waals surface area contributed by atoms with Gasteiger partial charge in [0.15, 0.2) is 0 Å². The zero-order valence-electron chi connectivity index (χ0n) is 8.92. The summed E-state index contributed by atoms with van der Waals surface area (Å²) in [6, 6.07) is 0. The first kappa shape index (κ1) is 11.0. The van der Waals surface area contributed by atoms with Crippen molar-refractivity contribution < 1.29 is 5.11 Å². The Balaban J connectivity index is 1.99. The van der Waals surface area contributed by atoms with Crippen molar-refractivity contribution in [3.05, 3.63) is 0 Å². The van der Waals surface area contributed by atoms with E-state index in [1.54, 1.807) is 0 Å². The number of rotatable bonds is 5. The highest BCUT2D eigenvalue weighted by molar-refractivity contribution is 4.71. The van der Waals surface area contributed by atoms with E-state index in [1.807, 2.05) is 0 Å². The second kappa shape index (κ2) is 5.61. The van der Waals surface area contributed by atoms with Gasteiger partial charge >= 0.3 is 0 Å². The number of aliphatic hydroxyl groups excluding tert-OH is 1. The van der Waals surface area contributed by atoms with Crippen LogP contribution in [0, 0.1) is 11.8 Å². The molecule has 0 saturated heterocycles. The van der Waals surface area contributed by atoms with Crippen LogP contribution in [-0.4, -0.2) is 24.3 Å². The number of hydrogen-bond acceptors (Lipinski definition) is 2. The molecule has 0 aromatic heterocycles. The quantitative estimate of drug-likeness (QED) is 0.684. The Morgan fingerprint density at radius 2 is 1.92 bits per heavy atom. The molecule has 1 fully saturated rings. The van der Waals surface area contributed by atoms with Gasteiger partial charge in [-0.15, -0.1) is 0 Å². The van der Waals surface area contributed by atoms with Crippen LogP contribution in [0.2, 0.25) is 0 Å². The molecule has 0 bridgehead atoms. The normalized spacial score (nSPS) is 21.2. The molecule has 0 aliphatic heterocycles. The summed E-state index contributed by atoms with van der Waals surface area (Å²) in [5.74, 6) is 1.25. The molecular formula is C11H23NO. The smallest absolute Gasteiger partial charge is 0.0687 e. The fraction of sp³-hybridized carbons (Fsp3) is 1.00. The Hall–Kier alpha value is -0.0800. The summed E-state index contributed by atoms with van der Waals surface area (Å²) in [5.41, 5.74) is 0. The van der Waals surface area contributed by atoms with Crippen molar-refractivity contribution in [3.8, 4) is 0 Å². The topological polar surface area (TPSA) is 32.3 Å². The minimum absolute atomic E-state index is 0.179. The van der Waals surface area contributed by atoms with Crippen molar-refractivity contribution in [1.82, 2.24) is 5.32 Å². The SMILES string of the molecule is CC(C)C(O)CNCC1CCCC1. The molecule has 1 saturated carbocycles. The van der Waals surface area contributed by atoms with E-state index in [2.05, 4.69) is 19.2 Å². The zero-order chi connectivity index (χ0) is 9.68. The molecule has 0 spiro atoms. The van der Waals surface area contributed by atoms with Crippen molar-refractivity contribution in [2.24, 2.45) is 11.8 Å². The molecule has 78 valence electrons. The van der Waals surface area contributed by atoms with Gasteiger partial charge in [-0.3, -0.25) is 0 Å². The highest BCUT2D eigenvalue weighted by Crippen LogP contribution is 2.23. The van der Waals surface area contributed by atoms with E-state index in [0.29, 0.717) is 5.92 Å². The van der Waals surface area contributed by atoms with E-state index in [0.717, 1.165) is 19.0 Å². The second-order valence-electron chi connectivity index (χ2n) is 4.62. The molecule has 0 radical (unpaired) electrons. The molecule has 2 nitrogen and oxygen atoms in total. The Labute approximate surface area is 81.7 Å². The zero-order valence-corrected chi connectivity index (χ0v) is 8.92. The first-order valence-electron chi connectivity index (χ1n) is 5.59. The highest BCUT2D eigenvalue weighted by Gasteiger charge is 2.15.